The molecule has 8 heteroatoms. The van der Waals surface area contributed by atoms with Crippen LogP contribution in [0.1, 0.15) is 43.6 Å². The van der Waals surface area contributed by atoms with E-state index in [1.54, 1.807) is 17.5 Å². The average molecular weight is 436 g/mol. The first kappa shape index (κ1) is 20.8. The number of sulfonamides is 1. The van der Waals surface area contributed by atoms with Crippen LogP contribution >= 0.6 is 11.3 Å². The maximum absolute atomic E-state index is 11.8. The molecule has 0 amide bonds. The molecule has 6 nitrogen and oxygen atoms in total. The molecule has 0 unspecified atom stereocenters. The summed E-state index contributed by atoms with van der Waals surface area (Å²) in [4.78, 5) is 6.63. The monoisotopic (exact) mass is 435 g/mol. The van der Waals surface area contributed by atoms with Crippen LogP contribution < -0.4 is 9.62 Å². The molecule has 1 aromatic heterocycles. The minimum Gasteiger partial charge on any atom is -0.376 e. The van der Waals surface area contributed by atoms with Gasteiger partial charge in [-0.25, -0.2) is 18.1 Å². The molecular weight excluding hydrogens is 406 g/mol. The minimum absolute atomic E-state index is 0.0253. The van der Waals surface area contributed by atoms with Crippen molar-refractivity contribution >= 4 is 26.5 Å². The first-order chi connectivity index (χ1) is 14.0. The summed E-state index contributed by atoms with van der Waals surface area (Å²) in [5.74, 6) is 0.619. The highest BCUT2D eigenvalue weighted by atomic mass is 32.2. The molecule has 1 N–H and O–H groups in total. The SMILES string of the molecule is CS(=O)(=O)N[C@H]1CCN(c2nccs2)[C@H]1COC1CCC(c2ccccc2)CC1. The second kappa shape index (κ2) is 9.12. The third-order valence-corrected chi connectivity index (χ3v) is 7.56. The number of aromatic nitrogens is 1. The number of hydrogen-bond donors (Lipinski definition) is 1. The van der Waals surface area contributed by atoms with Crippen LogP contribution in [0.2, 0.25) is 0 Å². The van der Waals surface area contributed by atoms with Crippen molar-refractivity contribution in [3.05, 3.63) is 47.5 Å². The molecule has 1 saturated heterocycles. The lowest BCUT2D eigenvalue weighted by Crippen LogP contribution is -2.48. The number of benzene rings is 1. The summed E-state index contributed by atoms with van der Waals surface area (Å²) >= 11 is 1.59. The molecule has 1 aromatic carbocycles. The van der Waals surface area contributed by atoms with Gasteiger partial charge < -0.3 is 9.64 Å². The molecule has 0 spiro atoms. The summed E-state index contributed by atoms with van der Waals surface area (Å²) in [5, 5.41) is 2.89. The van der Waals surface area contributed by atoms with Crippen LogP contribution in [0.15, 0.2) is 41.9 Å². The second-order valence-electron chi connectivity index (χ2n) is 8.08. The van der Waals surface area contributed by atoms with E-state index in [-0.39, 0.29) is 18.2 Å². The Hall–Kier alpha value is -1.48. The molecule has 29 heavy (non-hydrogen) atoms. The van der Waals surface area contributed by atoms with E-state index >= 15 is 0 Å². The van der Waals surface area contributed by atoms with E-state index in [1.807, 2.05) is 5.38 Å². The van der Waals surface area contributed by atoms with Crippen molar-refractivity contribution in [2.75, 3.05) is 24.3 Å². The van der Waals surface area contributed by atoms with Crippen LogP contribution in [0, 0.1) is 0 Å². The predicted molar refractivity (Wildman–Crippen MR) is 117 cm³/mol. The zero-order valence-corrected chi connectivity index (χ0v) is 18.4. The molecule has 0 bridgehead atoms. The average Bonchev–Trinajstić information content (AvgIpc) is 3.36. The highest BCUT2D eigenvalue weighted by Crippen LogP contribution is 2.35. The highest BCUT2D eigenvalue weighted by Gasteiger charge is 2.38. The van der Waals surface area contributed by atoms with E-state index in [9.17, 15) is 8.42 Å². The molecule has 2 atom stereocenters. The summed E-state index contributed by atoms with van der Waals surface area (Å²) in [6.45, 7) is 1.31. The molecule has 1 saturated carbocycles. The standard InChI is InChI=1S/C21H29N3O3S2/c1-29(25,26)23-19-11-13-24(21-22-12-14-28-21)20(19)15-27-18-9-7-17(8-10-18)16-5-3-2-4-6-16/h2-6,12,14,17-20,23H,7-11,13,15H2,1H3/t17?,18?,19-,20-/m0/s1. The number of hydrogen-bond acceptors (Lipinski definition) is 6. The molecular formula is C21H29N3O3S2. The van der Waals surface area contributed by atoms with Crippen molar-refractivity contribution in [3.8, 4) is 0 Å². The molecule has 1 aliphatic carbocycles. The second-order valence-corrected chi connectivity index (χ2v) is 10.7. The topological polar surface area (TPSA) is 71.5 Å². The maximum atomic E-state index is 11.8. The lowest BCUT2D eigenvalue weighted by molar-refractivity contribution is 0.0157. The van der Waals surface area contributed by atoms with Crippen LogP contribution in [0.25, 0.3) is 0 Å². The van der Waals surface area contributed by atoms with Crippen molar-refractivity contribution in [1.29, 1.82) is 0 Å². The third kappa shape index (κ3) is 5.36. The largest absolute Gasteiger partial charge is 0.376 e. The fraction of sp³-hybridized carbons (Fsp3) is 0.571. The molecule has 2 heterocycles. The van der Waals surface area contributed by atoms with Gasteiger partial charge in [-0.15, -0.1) is 11.3 Å². The number of rotatable bonds is 7. The molecule has 2 aliphatic rings. The Morgan fingerprint density at radius 1 is 1.17 bits per heavy atom. The molecule has 2 aromatic rings. The van der Waals surface area contributed by atoms with Crippen molar-refractivity contribution in [1.82, 2.24) is 9.71 Å². The Kier molecular flexibility index (Phi) is 6.53. The van der Waals surface area contributed by atoms with Crippen LogP contribution in [0.5, 0.6) is 0 Å². The zero-order valence-electron chi connectivity index (χ0n) is 16.7. The van der Waals surface area contributed by atoms with Crippen molar-refractivity contribution in [3.63, 3.8) is 0 Å². The summed E-state index contributed by atoms with van der Waals surface area (Å²) in [6.07, 6.45) is 8.40. The number of anilines is 1. The van der Waals surface area contributed by atoms with E-state index < -0.39 is 10.0 Å². The third-order valence-electron chi connectivity index (χ3n) is 6.02. The van der Waals surface area contributed by atoms with E-state index in [1.165, 1.54) is 11.8 Å². The first-order valence-corrected chi connectivity index (χ1v) is 13.1. The first-order valence-electron chi connectivity index (χ1n) is 10.3. The van der Waals surface area contributed by atoms with Crippen LogP contribution in [0.3, 0.4) is 0 Å². The Morgan fingerprint density at radius 2 is 1.93 bits per heavy atom. The molecule has 4 rings (SSSR count). The number of thiazole rings is 1. The van der Waals surface area contributed by atoms with Crippen LogP contribution in [-0.4, -0.2) is 51.0 Å². The quantitative estimate of drug-likeness (QED) is 0.722. The number of ether oxygens (including phenoxy) is 1. The van der Waals surface area contributed by atoms with Gasteiger partial charge in [-0.1, -0.05) is 30.3 Å². The highest BCUT2D eigenvalue weighted by molar-refractivity contribution is 7.88. The van der Waals surface area contributed by atoms with Gasteiger partial charge in [0.2, 0.25) is 10.0 Å². The molecule has 1 aliphatic heterocycles. The van der Waals surface area contributed by atoms with Gasteiger partial charge in [0, 0.05) is 24.2 Å². The van der Waals surface area contributed by atoms with Crippen molar-refractivity contribution in [2.24, 2.45) is 0 Å². The van der Waals surface area contributed by atoms with Gasteiger partial charge in [-0.2, -0.15) is 0 Å². The van der Waals surface area contributed by atoms with Crippen LogP contribution in [-0.2, 0) is 14.8 Å². The normalized spacial score (nSPS) is 28.0. The number of nitrogens with zero attached hydrogens (tertiary/aromatic N) is 2. The van der Waals surface area contributed by atoms with Gasteiger partial charge in [0.15, 0.2) is 5.13 Å². The van der Waals surface area contributed by atoms with E-state index in [0.717, 1.165) is 43.8 Å². The summed E-state index contributed by atoms with van der Waals surface area (Å²) < 4.78 is 32.8. The Morgan fingerprint density at radius 3 is 2.59 bits per heavy atom. The van der Waals surface area contributed by atoms with Crippen molar-refractivity contribution < 1.29 is 13.2 Å². The molecule has 158 valence electrons. The van der Waals surface area contributed by atoms with E-state index in [4.69, 9.17) is 4.74 Å². The summed E-state index contributed by atoms with van der Waals surface area (Å²) in [6, 6.07) is 10.6. The number of nitrogens with one attached hydrogen (secondary N) is 1. The lowest BCUT2D eigenvalue weighted by atomic mass is 9.83. The fourth-order valence-electron chi connectivity index (χ4n) is 4.59. The Labute approximate surface area is 177 Å². The van der Waals surface area contributed by atoms with Gasteiger partial charge in [0.25, 0.3) is 0 Å². The van der Waals surface area contributed by atoms with Gasteiger partial charge in [-0.05, 0) is 43.6 Å². The lowest BCUT2D eigenvalue weighted by Gasteiger charge is -2.32. The zero-order chi connectivity index (χ0) is 20.3. The fourth-order valence-corrected chi connectivity index (χ4v) is 6.14. The Balaban J connectivity index is 1.36. The van der Waals surface area contributed by atoms with Gasteiger partial charge in [-0.3, -0.25) is 0 Å². The predicted octanol–water partition coefficient (Wildman–Crippen LogP) is 3.38. The minimum atomic E-state index is -3.26. The van der Waals surface area contributed by atoms with Crippen molar-refractivity contribution in [2.45, 2.75) is 56.2 Å². The molecule has 0 radical (unpaired) electrons. The molecule has 2 fully saturated rings. The van der Waals surface area contributed by atoms with E-state index in [2.05, 4.69) is 44.9 Å². The van der Waals surface area contributed by atoms with Gasteiger partial charge >= 0.3 is 0 Å². The van der Waals surface area contributed by atoms with Crippen LogP contribution in [0.4, 0.5) is 5.13 Å². The maximum Gasteiger partial charge on any atom is 0.209 e. The Bertz CT molecular complexity index is 866. The smallest absolute Gasteiger partial charge is 0.209 e. The summed E-state index contributed by atoms with van der Waals surface area (Å²) in [7, 11) is -3.26. The summed E-state index contributed by atoms with van der Waals surface area (Å²) in [5.41, 5.74) is 1.43. The van der Waals surface area contributed by atoms with Gasteiger partial charge in [0.05, 0.1) is 25.0 Å². The van der Waals surface area contributed by atoms with Gasteiger partial charge in [0.1, 0.15) is 0 Å². The van der Waals surface area contributed by atoms with E-state index in [0.29, 0.717) is 12.5 Å².